The number of carboxylic acids is 1. The van der Waals surface area contributed by atoms with E-state index in [1.807, 2.05) is 0 Å². The number of aromatic carboxylic acids is 1. The minimum Gasteiger partial charge on any atom is -0.478 e. The van der Waals surface area contributed by atoms with Crippen LogP contribution in [-0.4, -0.2) is 28.5 Å². The summed E-state index contributed by atoms with van der Waals surface area (Å²) in [4.78, 5) is 14.1. The fourth-order valence-electron chi connectivity index (χ4n) is 0.871. The minimum atomic E-state index is -2.83. The molecular formula is C9H10F2N2O2. The van der Waals surface area contributed by atoms with E-state index in [1.165, 1.54) is 12.1 Å². The zero-order valence-corrected chi connectivity index (χ0v) is 8.00. The average molecular weight is 216 g/mol. The van der Waals surface area contributed by atoms with Crippen molar-refractivity contribution in [2.24, 2.45) is 0 Å². The van der Waals surface area contributed by atoms with Gasteiger partial charge in [0.2, 0.25) is 0 Å². The van der Waals surface area contributed by atoms with Crippen LogP contribution < -0.4 is 5.32 Å². The molecule has 0 fully saturated rings. The number of carboxylic acid groups (broad SMARTS) is 1. The van der Waals surface area contributed by atoms with Gasteiger partial charge in [0.25, 0.3) is 5.92 Å². The summed E-state index contributed by atoms with van der Waals surface area (Å²) >= 11 is 0. The average Bonchev–Trinajstić information content (AvgIpc) is 2.14. The molecule has 82 valence electrons. The Labute approximate surface area is 84.9 Å². The zero-order valence-electron chi connectivity index (χ0n) is 8.00. The summed E-state index contributed by atoms with van der Waals surface area (Å²) in [6.07, 6.45) is 1.11. The molecule has 0 aromatic carbocycles. The van der Waals surface area contributed by atoms with E-state index in [4.69, 9.17) is 5.11 Å². The lowest BCUT2D eigenvalue weighted by Gasteiger charge is -2.11. The molecule has 0 bridgehead atoms. The molecule has 0 aliphatic rings. The van der Waals surface area contributed by atoms with Gasteiger partial charge in [0.15, 0.2) is 0 Å². The van der Waals surface area contributed by atoms with E-state index in [9.17, 15) is 13.6 Å². The predicted molar refractivity (Wildman–Crippen MR) is 50.3 cm³/mol. The Morgan fingerprint density at radius 3 is 2.67 bits per heavy atom. The van der Waals surface area contributed by atoms with Gasteiger partial charge in [-0.25, -0.2) is 18.6 Å². The van der Waals surface area contributed by atoms with Crippen molar-refractivity contribution in [3.63, 3.8) is 0 Å². The molecule has 0 aliphatic carbocycles. The number of nitrogens with one attached hydrogen (secondary N) is 1. The summed E-state index contributed by atoms with van der Waals surface area (Å²) in [5.74, 6) is -3.70. The lowest BCUT2D eigenvalue weighted by Crippen LogP contribution is -2.23. The van der Waals surface area contributed by atoms with E-state index in [1.54, 1.807) is 0 Å². The highest BCUT2D eigenvalue weighted by Gasteiger charge is 2.20. The van der Waals surface area contributed by atoms with Crippen LogP contribution in [0.15, 0.2) is 18.3 Å². The molecular weight excluding hydrogens is 206 g/mol. The molecule has 2 N–H and O–H groups in total. The molecule has 0 atom stereocenters. The van der Waals surface area contributed by atoms with Crippen LogP contribution in [0.3, 0.4) is 0 Å². The number of aromatic nitrogens is 1. The van der Waals surface area contributed by atoms with Crippen molar-refractivity contribution in [2.45, 2.75) is 12.8 Å². The number of anilines is 1. The van der Waals surface area contributed by atoms with Gasteiger partial charge in [-0.05, 0) is 12.1 Å². The second-order valence-corrected chi connectivity index (χ2v) is 3.16. The monoisotopic (exact) mass is 216 g/mol. The van der Waals surface area contributed by atoms with Crippen molar-refractivity contribution in [3.05, 3.63) is 23.9 Å². The summed E-state index contributed by atoms with van der Waals surface area (Å²) in [5.41, 5.74) is 0.0174. The number of hydrogen-bond acceptors (Lipinski definition) is 3. The van der Waals surface area contributed by atoms with Crippen molar-refractivity contribution in [1.29, 1.82) is 0 Å². The predicted octanol–water partition coefficient (Wildman–Crippen LogP) is 1.85. The molecule has 1 aromatic rings. The third-order valence-electron chi connectivity index (χ3n) is 1.59. The largest absolute Gasteiger partial charge is 0.478 e. The summed E-state index contributed by atoms with van der Waals surface area (Å²) < 4.78 is 24.9. The molecule has 0 unspecified atom stereocenters. The maximum Gasteiger partial charge on any atom is 0.337 e. The number of alkyl halides is 2. The van der Waals surface area contributed by atoms with E-state index in [0.29, 0.717) is 0 Å². The van der Waals surface area contributed by atoms with Crippen LogP contribution in [0.2, 0.25) is 0 Å². The Morgan fingerprint density at radius 2 is 2.27 bits per heavy atom. The second-order valence-electron chi connectivity index (χ2n) is 3.16. The number of carbonyl (C=O) groups is 1. The van der Waals surface area contributed by atoms with Gasteiger partial charge in [-0.1, -0.05) is 0 Å². The topological polar surface area (TPSA) is 62.2 Å². The van der Waals surface area contributed by atoms with Crippen molar-refractivity contribution in [3.8, 4) is 0 Å². The Hall–Kier alpha value is -1.72. The van der Waals surface area contributed by atoms with Crippen LogP contribution in [0, 0.1) is 0 Å². The smallest absolute Gasteiger partial charge is 0.337 e. The molecule has 0 aliphatic heterocycles. The molecule has 6 heteroatoms. The summed E-state index contributed by atoms with van der Waals surface area (Å²) in [7, 11) is 0. The first-order valence-electron chi connectivity index (χ1n) is 4.19. The fourth-order valence-corrected chi connectivity index (χ4v) is 0.871. The highest BCUT2D eigenvalue weighted by atomic mass is 19.3. The SMILES string of the molecule is CC(F)(F)CNc1ccc(C(=O)O)cn1. The standard InChI is InChI=1S/C9H10F2N2O2/c1-9(10,11)5-13-7-3-2-6(4-12-7)8(14)15/h2-4H,5H2,1H3,(H,12,13)(H,14,15). The Kier molecular flexibility index (Phi) is 3.18. The van der Waals surface area contributed by atoms with Crippen LogP contribution in [0.5, 0.6) is 0 Å². The molecule has 0 radical (unpaired) electrons. The number of rotatable bonds is 4. The van der Waals surface area contributed by atoms with Crippen molar-refractivity contribution in [2.75, 3.05) is 11.9 Å². The fraction of sp³-hybridized carbons (Fsp3) is 0.333. The quantitative estimate of drug-likeness (QED) is 0.806. The van der Waals surface area contributed by atoms with Gasteiger partial charge in [-0.15, -0.1) is 0 Å². The Bertz CT molecular complexity index is 346. The van der Waals surface area contributed by atoms with Gasteiger partial charge in [0.05, 0.1) is 12.1 Å². The number of halogens is 2. The molecule has 0 saturated heterocycles. The van der Waals surface area contributed by atoms with Gasteiger partial charge in [-0.2, -0.15) is 0 Å². The molecule has 0 saturated carbocycles. The highest BCUT2D eigenvalue weighted by Crippen LogP contribution is 2.12. The Morgan fingerprint density at radius 1 is 1.60 bits per heavy atom. The van der Waals surface area contributed by atoms with E-state index >= 15 is 0 Å². The van der Waals surface area contributed by atoms with Crippen LogP contribution in [0.4, 0.5) is 14.6 Å². The van der Waals surface area contributed by atoms with Crippen molar-refractivity contribution >= 4 is 11.8 Å². The lowest BCUT2D eigenvalue weighted by atomic mass is 10.3. The number of pyridine rings is 1. The molecule has 15 heavy (non-hydrogen) atoms. The molecule has 1 aromatic heterocycles. The summed E-state index contributed by atoms with van der Waals surface area (Å²) in [5, 5.41) is 11.0. The highest BCUT2D eigenvalue weighted by molar-refractivity contribution is 5.87. The molecule has 0 amide bonds. The van der Waals surface area contributed by atoms with Crippen molar-refractivity contribution in [1.82, 2.24) is 4.98 Å². The maximum absolute atomic E-state index is 12.4. The van der Waals surface area contributed by atoms with Crippen LogP contribution >= 0.6 is 0 Å². The van der Waals surface area contributed by atoms with E-state index in [0.717, 1.165) is 13.1 Å². The maximum atomic E-state index is 12.4. The van der Waals surface area contributed by atoms with Crippen molar-refractivity contribution < 1.29 is 18.7 Å². The summed E-state index contributed by atoms with van der Waals surface area (Å²) in [6.45, 7) is 0.248. The number of nitrogens with zero attached hydrogens (tertiary/aromatic N) is 1. The van der Waals surface area contributed by atoms with Gasteiger partial charge < -0.3 is 10.4 Å². The first kappa shape index (κ1) is 11.4. The first-order valence-corrected chi connectivity index (χ1v) is 4.19. The molecule has 0 spiro atoms. The molecule has 4 nitrogen and oxygen atoms in total. The lowest BCUT2D eigenvalue weighted by molar-refractivity contribution is 0.0366. The third kappa shape index (κ3) is 3.88. The van der Waals surface area contributed by atoms with Gasteiger partial charge in [0, 0.05) is 13.1 Å². The van der Waals surface area contributed by atoms with Crippen LogP contribution in [-0.2, 0) is 0 Å². The van der Waals surface area contributed by atoms with Gasteiger partial charge >= 0.3 is 5.97 Å². The van der Waals surface area contributed by atoms with E-state index < -0.39 is 18.4 Å². The van der Waals surface area contributed by atoms with Crippen LogP contribution in [0.1, 0.15) is 17.3 Å². The van der Waals surface area contributed by atoms with E-state index in [2.05, 4.69) is 10.3 Å². The third-order valence-corrected chi connectivity index (χ3v) is 1.59. The van der Waals surface area contributed by atoms with Crippen LogP contribution in [0.25, 0.3) is 0 Å². The zero-order chi connectivity index (χ0) is 11.5. The molecule has 1 heterocycles. The van der Waals surface area contributed by atoms with Gasteiger partial charge in [0.1, 0.15) is 5.82 Å². The molecule has 1 rings (SSSR count). The Balaban J connectivity index is 2.61. The van der Waals surface area contributed by atoms with E-state index in [-0.39, 0.29) is 11.4 Å². The van der Waals surface area contributed by atoms with Gasteiger partial charge in [-0.3, -0.25) is 0 Å². The first-order chi connectivity index (χ1) is 6.88. The number of hydrogen-bond donors (Lipinski definition) is 2. The normalized spacial score (nSPS) is 11.1. The summed E-state index contributed by atoms with van der Waals surface area (Å²) in [6, 6.07) is 2.64. The second kappa shape index (κ2) is 4.20. The minimum absolute atomic E-state index is 0.0174.